The van der Waals surface area contributed by atoms with Crippen LogP contribution in [0.1, 0.15) is 26.5 Å². The molecule has 0 spiro atoms. The van der Waals surface area contributed by atoms with E-state index in [0.29, 0.717) is 5.69 Å². The van der Waals surface area contributed by atoms with Crippen LogP contribution in [0.2, 0.25) is 0 Å². The van der Waals surface area contributed by atoms with E-state index in [4.69, 9.17) is 5.11 Å². The maximum atomic E-state index is 10.9. The van der Waals surface area contributed by atoms with Gasteiger partial charge in [-0.1, -0.05) is 0 Å². The zero-order chi connectivity index (χ0) is 10.8. The number of carboxylic acid groups (broad SMARTS) is 1. The van der Waals surface area contributed by atoms with Gasteiger partial charge in [0.25, 0.3) is 0 Å². The Bertz CT molecular complexity index is 333. The molecule has 0 aromatic carbocycles. The largest absolute Gasteiger partial charge is 0.481 e. The van der Waals surface area contributed by atoms with E-state index < -0.39 is 11.4 Å². The van der Waals surface area contributed by atoms with E-state index in [1.807, 2.05) is 6.92 Å². The van der Waals surface area contributed by atoms with E-state index in [0.717, 1.165) is 11.7 Å². The zero-order valence-electron chi connectivity index (χ0n) is 8.50. The van der Waals surface area contributed by atoms with Gasteiger partial charge in [0, 0.05) is 11.9 Å². The summed E-state index contributed by atoms with van der Waals surface area (Å²) in [4.78, 5) is 15.2. The predicted molar refractivity (Wildman–Crippen MR) is 56.9 cm³/mol. The molecule has 0 saturated heterocycles. The summed E-state index contributed by atoms with van der Waals surface area (Å²) in [7, 11) is 0. The summed E-state index contributed by atoms with van der Waals surface area (Å²) in [6, 6.07) is 0. The molecule has 0 fully saturated rings. The van der Waals surface area contributed by atoms with Crippen LogP contribution in [0.3, 0.4) is 0 Å². The number of thiazole rings is 1. The van der Waals surface area contributed by atoms with Crippen LogP contribution in [0.15, 0.2) is 5.38 Å². The third-order valence-electron chi connectivity index (χ3n) is 2.01. The Hall–Kier alpha value is -1.10. The first kappa shape index (κ1) is 11.0. The second kappa shape index (κ2) is 3.96. The number of anilines is 1. The first-order valence-corrected chi connectivity index (χ1v) is 5.29. The minimum Gasteiger partial charge on any atom is -0.481 e. The first-order valence-electron chi connectivity index (χ1n) is 4.41. The average molecular weight is 214 g/mol. The molecule has 0 aliphatic heterocycles. The molecule has 0 bridgehead atoms. The minimum absolute atomic E-state index is 0.603. The fraction of sp³-hybridized carbons (Fsp3) is 0.556. The van der Waals surface area contributed by atoms with Crippen LogP contribution in [0.25, 0.3) is 0 Å². The lowest BCUT2D eigenvalue weighted by molar-refractivity contribution is -0.142. The number of carbonyl (C=O) groups is 1. The third kappa shape index (κ3) is 2.04. The molecule has 0 amide bonds. The summed E-state index contributed by atoms with van der Waals surface area (Å²) in [5, 5.41) is 14.6. The normalized spacial score (nSPS) is 11.4. The van der Waals surface area contributed by atoms with Gasteiger partial charge in [0.2, 0.25) is 0 Å². The van der Waals surface area contributed by atoms with Crippen LogP contribution < -0.4 is 5.32 Å². The van der Waals surface area contributed by atoms with Gasteiger partial charge < -0.3 is 10.4 Å². The monoisotopic (exact) mass is 214 g/mol. The summed E-state index contributed by atoms with van der Waals surface area (Å²) in [5.74, 6) is -0.856. The smallest absolute Gasteiger partial charge is 0.315 e. The Kier molecular flexibility index (Phi) is 3.10. The van der Waals surface area contributed by atoms with Gasteiger partial charge in [-0.25, -0.2) is 4.98 Å². The molecule has 1 rings (SSSR count). The molecule has 1 aromatic heterocycles. The van der Waals surface area contributed by atoms with E-state index in [2.05, 4.69) is 10.3 Å². The Morgan fingerprint density at radius 2 is 2.36 bits per heavy atom. The van der Waals surface area contributed by atoms with Gasteiger partial charge in [-0.2, -0.15) is 0 Å². The van der Waals surface area contributed by atoms with Crippen molar-refractivity contribution in [3.05, 3.63) is 11.1 Å². The van der Waals surface area contributed by atoms with Crippen molar-refractivity contribution in [2.75, 3.05) is 11.9 Å². The number of hydrogen-bond donors (Lipinski definition) is 2. The van der Waals surface area contributed by atoms with E-state index in [1.54, 1.807) is 19.2 Å². The molecule has 0 saturated carbocycles. The molecule has 1 heterocycles. The summed E-state index contributed by atoms with van der Waals surface area (Å²) < 4.78 is 0. The molecule has 14 heavy (non-hydrogen) atoms. The SMILES string of the molecule is CCNc1nc(C(C)(C)C(=O)O)cs1. The molecule has 2 N–H and O–H groups in total. The molecular weight excluding hydrogens is 200 g/mol. The molecule has 5 heteroatoms. The molecular formula is C9H14N2O2S. The topological polar surface area (TPSA) is 62.2 Å². The predicted octanol–water partition coefficient (Wildman–Crippen LogP) is 1.94. The maximum Gasteiger partial charge on any atom is 0.315 e. The van der Waals surface area contributed by atoms with Crippen LogP contribution in [0.5, 0.6) is 0 Å². The number of rotatable bonds is 4. The summed E-state index contributed by atoms with van der Waals surface area (Å²) in [6.45, 7) is 6.07. The van der Waals surface area contributed by atoms with Gasteiger partial charge in [0.05, 0.1) is 5.69 Å². The Morgan fingerprint density at radius 3 is 2.86 bits per heavy atom. The molecule has 78 valence electrons. The number of hydrogen-bond acceptors (Lipinski definition) is 4. The lowest BCUT2D eigenvalue weighted by Crippen LogP contribution is -2.28. The average Bonchev–Trinajstić information content (AvgIpc) is 2.53. The van der Waals surface area contributed by atoms with E-state index in [1.165, 1.54) is 11.3 Å². The highest BCUT2D eigenvalue weighted by atomic mass is 32.1. The van der Waals surface area contributed by atoms with Crippen LogP contribution >= 0.6 is 11.3 Å². The van der Waals surface area contributed by atoms with Gasteiger partial charge in [0.1, 0.15) is 5.41 Å². The standard InChI is InChI=1S/C9H14N2O2S/c1-4-10-8-11-6(5-14-8)9(2,3)7(12)13/h5H,4H2,1-3H3,(H,10,11)(H,12,13). The minimum atomic E-state index is -0.913. The van der Waals surface area contributed by atoms with Gasteiger partial charge in [-0.3, -0.25) is 4.79 Å². The van der Waals surface area contributed by atoms with Crippen molar-refractivity contribution >= 4 is 22.4 Å². The van der Waals surface area contributed by atoms with E-state index >= 15 is 0 Å². The van der Waals surface area contributed by atoms with Crippen molar-refractivity contribution in [2.45, 2.75) is 26.2 Å². The number of carboxylic acids is 1. The second-order valence-corrected chi connectivity index (χ2v) is 4.36. The molecule has 0 aliphatic rings. The summed E-state index contributed by atoms with van der Waals surface area (Å²) in [6.07, 6.45) is 0. The number of aliphatic carboxylic acids is 1. The third-order valence-corrected chi connectivity index (χ3v) is 2.81. The van der Waals surface area contributed by atoms with Gasteiger partial charge >= 0.3 is 5.97 Å². The van der Waals surface area contributed by atoms with Crippen molar-refractivity contribution in [3.63, 3.8) is 0 Å². The fourth-order valence-electron chi connectivity index (χ4n) is 0.903. The Morgan fingerprint density at radius 1 is 1.71 bits per heavy atom. The number of aromatic nitrogens is 1. The highest BCUT2D eigenvalue weighted by Gasteiger charge is 2.31. The highest BCUT2D eigenvalue weighted by molar-refractivity contribution is 7.13. The Balaban J connectivity index is 2.91. The molecule has 0 aliphatic carbocycles. The molecule has 1 aromatic rings. The van der Waals surface area contributed by atoms with Gasteiger partial charge in [-0.15, -0.1) is 11.3 Å². The molecule has 0 radical (unpaired) electrons. The van der Waals surface area contributed by atoms with Crippen LogP contribution in [0.4, 0.5) is 5.13 Å². The molecule has 0 unspecified atom stereocenters. The molecule has 4 nitrogen and oxygen atoms in total. The van der Waals surface area contributed by atoms with E-state index in [9.17, 15) is 4.79 Å². The van der Waals surface area contributed by atoms with Gasteiger partial charge in [-0.05, 0) is 20.8 Å². The van der Waals surface area contributed by atoms with Crippen LogP contribution in [-0.2, 0) is 10.2 Å². The summed E-state index contributed by atoms with van der Waals surface area (Å²) >= 11 is 1.43. The first-order chi connectivity index (χ1) is 6.48. The highest BCUT2D eigenvalue weighted by Crippen LogP contribution is 2.27. The number of nitrogens with zero attached hydrogens (tertiary/aromatic N) is 1. The van der Waals surface area contributed by atoms with Crippen molar-refractivity contribution in [3.8, 4) is 0 Å². The second-order valence-electron chi connectivity index (χ2n) is 3.50. The lowest BCUT2D eigenvalue weighted by Gasteiger charge is -2.15. The van der Waals surface area contributed by atoms with Crippen molar-refractivity contribution in [1.82, 2.24) is 4.98 Å². The van der Waals surface area contributed by atoms with Crippen LogP contribution in [0, 0.1) is 0 Å². The van der Waals surface area contributed by atoms with E-state index in [-0.39, 0.29) is 0 Å². The zero-order valence-corrected chi connectivity index (χ0v) is 9.31. The van der Waals surface area contributed by atoms with Gasteiger partial charge in [0.15, 0.2) is 5.13 Å². The van der Waals surface area contributed by atoms with Crippen molar-refractivity contribution in [2.24, 2.45) is 0 Å². The number of nitrogens with one attached hydrogen (secondary N) is 1. The molecule has 0 atom stereocenters. The fourth-order valence-corrected chi connectivity index (χ4v) is 1.85. The van der Waals surface area contributed by atoms with Crippen LogP contribution in [-0.4, -0.2) is 22.6 Å². The lowest BCUT2D eigenvalue weighted by atomic mass is 9.90. The quantitative estimate of drug-likeness (QED) is 0.804. The van der Waals surface area contributed by atoms with Crippen molar-refractivity contribution in [1.29, 1.82) is 0 Å². The Labute approximate surface area is 87.0 Å². The maximum absolute atomic E-state index is 10.9. The summed E-state index contributed by atoms with van der Waals surface area (Å²) in [5.41, 5.74) is -0.310. The van der Waals surface area contributed by atoms with Crippen molar-refractivity contribution < 1.29 is 9.90 Å².